The molecule has 0 fully saturated rings. The maximum Gasteiger partial charge on any atom is 0.0701 e. The van der Waals surface area contributed by atoms with Crippen LogP contribution in [0, 0.1) is 0 Å². The van der Waals surface area contributed by atoms with E-state index >= 15 is 0 Å². The van der Waals surface area contributed by atoms with Gasteiger partial charge in [-0.05, 0) is 7.05 Å². The minimum absolute atomic E-state index is 0.0283. The van der Waals surface area contributed by atoms with Crippen molar-refractivity contribution in [3.05, 3.63) is 0 Å². The van der Waals surface area contributed by atoms with Gasteiger partial charge in [-0.2, -0.15) is 0 Å². The summed E-state index contributed by atoms with van der Waals surface area (Å²) >= 11 is 0. The third-order valence-electron chi connectivity index (χ3n) is 4.31. The lowest BCUT2D eigenvalue weighted by atomic mass is 10.5. The molecule has 0 aromatic rings. The number of hydrogen-bond acceptors (Lipinski definition) is 12. The van der Waals surface area contributed by atoms with Crippen LogP contribution in [0.3, 0.4) is 0 Å². The van der Waals surface area contributed by atoms with Crippen molar-refractivity contribution in [3.63, 3.8) is 0 Å². The van der Waals surface area contributed by atoms with Crippen molar-refractivity contribution in [1.82, 2.24) is 4.90 Å². The first-order valence-corrected chi connectivity index (χ1v) is 12.4. The molecule has 12 nitrogen and oxygen atoms in total. The van der Waals surface area contributed by atoms with Crippen molar-refractivity contribution in [2.24, 2.45) is 0 Å². The van der Waals surface area contributed by atoms with Crippen LogP contribution in [-0.4, -0.2) is 167 Å². The van der Waals surface area contributed by atoms with Crippen LogP contribution < -0.4 is 0 Å². The van der Waals surface area contributed by atoms with Gasteiger partial charge in [0, 0.05) is 13.1 Å². The van der Waals surface area contributed by atoms with Crippen molar-refractivity contribution in [3.8, 4) is 0 Å². The molecule has 0 aliphatic heterocycles. The van der Waals surface area contributed by atoms with Crippen LogP contribution >= 0.6 is 0 Å². The van der Waals surface area contributed by atoms with Crippen LogP contribution in [0.5, 0.6) is 0 Å². The molecule has 0 saturated carbocycles. The zero-order valence-corrected chi connectivity index (χ0v) is 21.6. The van der Waals surface area contributed by atoms with Crippen LogP contribution in [0.4, 0.5) is 0 Å². The number of aliphatic hydroxyl groups excluding tert-OH is 2. The van der Waals surface area contributed by atoms with Gasteiger partial charge in [0.05, 0.1) is 132 Å². The van der Waals surface area contributed by atoms with E-state index in [1.165, 1.54) is 0 Å². The van der Waals surface area contributed by atoms with Crippen molar-refractivity contribution < 1.29 is 52.8 Å². The molecule has 0 unspecified atom stereocenters. The molecule has 0 spiro atoms. The molecule has 0 rings (SSSR count). The van der Waals surface area contributed by atoms with Crippen LogP contribution in [0.25, 0.3) is 0 Å². The van der Waals surface area contributed by atoms with Gasteiger partial charge in [-0.3, -0.25) is 0 Å². The number of hydrogen-bond donors (Lipinski definition) is 2. The molecule has 0 aromatic carbocycles. The van der Waals surface area contributed by atoms with Crippen LogP contribution in [0.15, 0.2) is 0 Å². The Morgan fingerprint density at radius 3 is 0.771 bits per heavy atom. The molecular formula is C23H49NO11. The van der Waals surface area contributed by atoms with Gasteiger partial charge in [-0.15, -0.1) is 0 Å². The quantitative estimate of drug-likeness (QED) is 0.111. The maximum atomic E-state index is 8.59. The molecule has 0 amide bonds. The Bertz CT molecular complexity index is 383. The first kappa shape index (κ1) is 34.5. The second kappa shape index (κ2) is 31.5. The Balaban J connectivity index is 3.09. The predicted octanol–water partition coefficient (Wildman–Crippen LogP) is -0.948. The van der Waals surface area contributed by atoms with Gasteiger partial charge in [0.2, 0.25) is 0 Å². The molecule has 12 heteroatoms. The van der Waals surface area contributed by atoms with Crippen LogP contribution in [0.2, 0.25) is 0 Å². The second-order valence-corrected chi connectivity index (χ2v) is 7.26. The summed E-state index contributed by atoms with van der Waals surface area (Å²) in [5, 5.41) is 17.1. The van der Waals surface area contributed by atoms with E-state index in [2.05, 4.69) is 4.90 Å². The standard InChI is InChI=1S/C23H49NO11/c1-24(2-6-27-10-12-29-8-4-25)3-7-28-11-14-31-16-18-33-20-22-35-23-21-34-19-17-32-15-13-30-9-5-26/h25-26H,2-23H2,1H3. The fourth-order valence-electron chi connectivity index (χ4n) is 2.43. The molecule has 0 aromatic heterocycles. The van der Waals surface area contributed by atoms with Crippen molar-refractivity contribution in [2.45, 2.75) is 0 Å². The third-order valence-corrected chi connectivity index (χ3v) is 4.31. The van der Waals surface area contributed by atoms with E-state index in [0.29, 0.717) is 119 Å². The molecular weight excluding hydrogens is 466 g/mol. The van der Waals surface area contributed by atoms with E-state index in [9.17, 15) is 0 Å². The SMILES string of the molecule is CN(CCOCCOCCO)CCOCCOCCOCCOCCOCCOCCOCCO. The summed E-state index contributed by atoms with van der Waals surface area (Å²) in [6.07, 6.45) is 0. The monoisotopic (exact) mass is 515 g/mol. The maximum absolute atomic E-state index is 8.59. The molecule has 0 saturated heterocycles. The molecule has 0 aliphatic carbocycles. The molecule has 0 atom stereocenters. The molecule has 0 heterocycles. The molecule has 212 valence electrons. The molecule has 35 heavy (non-hydrogen) atoms. The minimum atomic E-state index is 0.0283. The average Bonchev–Trinajstić information content (AvgIpc) is 2.86. The van der Waals surface area contributed by atoms with E-state index in [1.54, 1.807) is 0 Å². The number of ether oxygens (including phenoxy) is 9. The fourth-order valence-corrected chi connectivity index (χ4v) is 2.43. The molecule has 0 aliphatic rings. The van der Waals surface area contributed by atoms with E-state index in [4.69, 9.17) is 52.8 Å². The number of likely N-dealkylation sites (N-methyl/N-ethyl adjacent to an activating group) is 1. The Morgan fingerprint density at radius 1 is 0.343 bits per heavy atom. The highest BCUT2D eigenvalue weighted by Crippen LogP contribution is 1.88. The summed E-state index contributed by atoms with van der Waals surface area (Å²) in [7, 11) is 2.02. The largest absolute Gasteiger partial charge is 0.394 e. The van der Waals surface area contributed by atoms with Gasteiger partial charge < -0.3 is 57.7 Å². The fraction of sp³-hybridized carbons (Fsp3) is 1.00. The van der Waals surface area contributed by atoms with E-state index in [0.717, 1.165) is 13.1 Å². The predicted molar refractivity (Wildman–Crippen MR) is 129 cm³/mol. The van der Waals surface area contributed by atoms with Crippen LogP contribution in [-0.2, 0) is 42.6 Å². The van der Waals surface area contributed by atoms with Gasteiger partial charge in [0.1, 0.15) is 0 Å². The summed E-state index contributed by atoms with van der Waals surface area (Å²) in [5.41, 5.74) is 0. The molecule has 0 bridgehead atoms. The lowest BCUT2D eigenvalue weighted by Gasteiger charge is -2.16. The molecule has 2 N–H and O–H groups in total. The second-order valence-electron chi connectivity index (χ2n) is 7.26. The summed E-state index contributed by atoms with van der Waals surface area (Å²) in [5.74, 6) is 0. The first-order chi connectivity index (χ1) is 17.3. The number of rotatable bonds is 31. The van der Waals surface area contributed by atoms with Crippen molar-refractivity contribution in [2.75, 3.05) is 152 Å². The summed E-state index contributed by atoms with van der Waals surface area (Å²) in [4.78, 5) is 2.14. The number of aliphatic hydroxyl groups is 2. The van der Waals surface area contributed by atoms with E-state index in [-0.39, 0.29) is 13.2 Å². The highest BCUT2D eigenvalue weighted by Gasteiger charge is 1.99. The smallest absolute Gasteiger partial charge is 0.0701 e. The van der Waals surface area contributed by atoms with Crippen molar-refractivity contribution >= 4 is 0 Å². The Morgan fingerprint density at radius 2 is 0.543 bits per heavy atom. The summed E-state index contributed by atoms with van der Waals surface area (Å²) in [6, 6.07) is 0. The Labute approximate surface area is 210 Å². The highest BCUT2D eigenvalue weighted by atomic mass is 16.6. The van der Waals surface area contributed by atoms with Crippen molar-refractivity contribution in [1.29, 1.82) is 0 Å². The number of nitrogens with zero attached hydrogens (tertiary/aromatic N) is 1. The Kier molecular flexibility index (Phi) is 31.1. The van der Waals surface area contributed by atoms with Gasteiger partial charge >= 0.3 is 0 Å². The average molecular weight is 516 g/mol. The minimum Gasteiger partial charge on any atom is -0.394 e. The van der Waals surface area contributed by atoms with Gasteiger partial charge in [-0.1, -0.05) is 0 Å². The first-order valence-electron chi connectivity index (χ1n) is 12.4. The van der Waals surface area contributed by atoms with Crippen LogP contribution in [0.1, 0.15) is 0 Å². The van der Waals surface area contributed by atoms with Gasteiger partial charge in [-0.25, -0.2) is 0 Å². The normalized spacial score (nSPS) is 11.7. The molecule has 0 radical (unpaired) electrons. The third kappa shape index (κ3) is 31.5. The van der Waals surface area contributed by atoms with E-state index in [1.807, 2.05) is 7.05 Å². The highest BCUT2D eigenvalue weighted by molar-refractivity contribution is 4.49. The summed E-state index contributed by atoms with van der Waals surface area (Å²) < 4.78 is 48.3. The zero-order chi connectivity index (χ0) is 25.5. The topological polar surface area (TPSA) is 127 Å². The Hall–Kier alpha value is -0.480. The lowest BCUT2D eigenvalue weighted by molar-refractivity contribution is -0.0220. The van der Waals surface area contributed by atoms with Gasteiger partial charge in [0.15, 0.2) is 0 Å². The zero-order valence-electron chi connectivity index (χ0n) is 21.6. The van der Waals surface area contributed by atoms with E-state index < -0.39 is 0 Å². The van der Waals surface area contributed by atoms with Gasteiger partial charge in [0.25, 0.3) is 0 Å². The summed E-state index contributed by atoms with van der Waals surface area (Å²) in [6.45, 7) is 10.9. The lowest BCUT2D eigenvalue weighted by Crippen LogP contribution is -2.28.